The van der Waals surface area contributed by atoms with Crippen LogP contribution in [0.4, 0.5) is 10.2 Å². The Labute approximate surface area is 134 Å². The zero-order chi connectivity index (χ0) is 16.6. The second kappa shape index (κ2) is 5.74. The summed E-state index contributed by atoms with van der Waals surface area (Å²) in [6.07, 6.45) is 1.19. The van der Waals surface area contributed by atoms with Gasteiger partial charge in [-0.05, 0) is 29.8 Å². The number of halogens is 1. The number of carbonyl (C=O) groups excluding carboxylic acids is 1. The van der Waals surface area contributed by atoms with Crippen molar-refractivity contribution < 1.29 is 13.9 Å². The normalized spacial score (nSPS) is 20.1. The number of rotatable bonds is 3. The molecule has 0 radical (unpaired) electrons. The SMILES string of the molecule is COC1C(=O)N(c2ccc(-c3cccc(F)c3)cn2)CC1(C)C. The molecule has 1 aliphatic heterocycles. The number of hydrogen-bond donors (Lipinski definition) is 0. The maximum atomic E-state index is 13.3. The van der Waals surface area contributed by atoms with E-state index in [1.165, 1.54) is 12.1 Å². The first kappa shape index (κ1) is 15.6. The lowest BCUT2D eigenvalue weighted by Gasteiger charge is -2.21. The fraction of sp³-hybridized carbons (Fsp3) is 0.333. The average molecular weight is 314 g/mol. The zero-order valence-corrected chi connectivity index (χ0v) is 13.4. The largest absolute Gasteiger partial charge is 0.371 e. The number of carbonyl (C=O) groups is 1. The quantitative estimate of drug-likeness (QED) is 0.873. The van der Waals surface area contributed by atoms with E-state index in [4.69, 9.17) is 4.74 Å². The van der Waals surface area contributed by atoms with Crippen LogP contribution in [0.5, 0.6) is 0 Å². The third-order valence-electron chi connectivity index (χ3n) is 4.18. The lowest BCUT2D eigenvalue weighted by molar-refractivity contribution is -0.128. The number of benzene rings is 1. The van der Waals surface area contributed by atoms with Gasteiger partial charge in [-0.25, -0.2) is 9.37 Å². The van der Waals surface area contributed by atoms with Crippen LogP contribution in [0.2, 0.25) is 0 Å². The van der Waals surface area contributed by atoms with Crippen molar-refractivity contribution in [3.8, 4) is 11.1 Å². The van der Waals surface area contributed by atoms with Crippen LogP contribution in [0.3, 0.4) is 0 Å². The highest BCUT2D eigenvalue weighted by atomic mass is 19.1. The van der Waals surface area contributed by atoms with E-state index in [0.717, 1.165) is 11.1 Å². The maximum absolute atomic E-state index is 13.3. The van der Waals surface area contributed by atoms with Gasteiger partial charge in [0.1, 0.15) is 17.7 Å². The van der Waals surface area contributed by atoms with Gasteiger partial charge in [-0.2, -0.15) is 0 Å². The Morgan fingerprint density at radius 1 is 1.26 bits per heavy atom. The Kier molecular flexibility index (Phi) is 3.90. The highest BCUT2D eigenvalue weighted by molar-refractivity contribution is 5.99. The molecule has 0 saturated carbocycles. The molecule has 1 unspecified atom stereocenters. The molecule has 1 amide bonds. The van der Waals surface area contributed by atoms with Crippen molar-refractivity contribution in [2.75, 3.05) is 18.6 Å². The first-order chi connectivity index (χ1) is 10.9. The molecular weight excluding hydrogens is 295 g/mol. The summed E-state index contributed by atoms with van der Waals surface area (Å²) in [5.41, 5.74) is 1.30. The Balaban J connectivity index is 1.87. The molecule has 0 N–H and O–H groups in total. The summed E-state index contributed by atoms with van der Waals surface area (Å²) in [5.74, 6) is 0.220. The van der Waals surface area contributed by atoms with Crippen LogP contribution in [-0.2, 0) is 9.53 Å². The fourth-order valence-corrected chi connectivity index (χ4v) is 3.04. The molecule has 0 bridgehead atoms. The number of hydrogen-bond acceptors (Lipinski definition) is 3. The van der Waals surface area contributed by atoms with E-state index in [9.17, 15) is 9.18 Å². The molecule has 0 spiro atoms. The van der Waals surface area contributed by atoms with Crippen molar-refractivity contribution in [2.24, 2.45) is 5.41 Å². The van der Waals surface area contributed by atoms with Gasteiger partial charge in [0.2, 0.25) is 0 Å². The van der Waals surface area contributed by atoms with Crippen molar-refractivity contribution in [1.82, 2.24) is 4.98 Å². The summed E-state index contributed by atoms with van der Waals surface area (Å²) in [7, 11) is 1.55. The van der Waals surface area contributed by atoms with Gasteiger partial charge in [0, 0.05) is 30.8 Å². The minimum atomic E-state index is -0.466. The number of amides is 1. The second-order valence-electron chi connectivity index (χ2n) is 6.44. The summed E-state index contributed by atoms with van der Waals surface area (Å²) < 4.78 is 18.6. The molecule has 0 aliphatic carbocycles. The van der Waals surface area contributed by atoms with Gasteiger partial charge < -0.3 is 4.74 Å². The molecule has 1 aromatic heterocycles. The van der Waals surface area contributed by atoms with Crippen LogP contribution in [0.25, 0.3) is 11.1 Å². The summed E-state index contributed by atoms with van der Waals surface area (Å²) in [4.78, 5) is 18.5. The minimum absolute atomic E-state index is 0.0801. The van der Waals surface area contributed by atoms with Gasteiger partial charge >= 0.3 is 0 Å². The van der Waals surface area contributed by atoms with Gasteiger partial charge in [0.05, 0.1) is 0 Å². The van der Waals surface area contributed by atoms with Gasteiger partial charge in [0.25, 0.3) is 5.91 Å². The average Bonchev–Trinajstić information content (AvgIpc) is 2.76. The third kappa shape index (κ3) is 2.84. The van der Waals surface area contributed by atoms with Gasteiger partial charge in [-0.15, -0.1) is 0 Å². The van der Waals surface area contributed by atoms with Gasteiger partial charge in [-0.1, -0.05) is 26.0 Å². The molecule has 1 fully saturated rings. The number of nitrogens with zero attached hydrogens (tertiary/aromatic N) is 2. The molecule has 2 aromatic rings. The van der Waals surface area contributed by atoms with Gasteiger partial charge in [0.15, 0.2) is 0 Å². The van der Waals surface area contributed by atoms with Crippen LogP contribution in [0.1, 0.15) is 13.8 Å². The smallest absolute Gasteiger partial charge is 0.257 e. The molecule has 1 aliphatic rings. The Bertz CT molecular complexity index is 728. The van der Waals surface area contributed by atoms with Crippen molar-refractivity contribution in [3.05, 3.63) is 48.4 Å². The molecule has 5 heteroatoms. The van der Waals surface area contributed by atoms with Crippen molar-refractivity contribution >= 4 is 11.7 Å². The number of ether oxygens (including phenoxy) is 1. The topological polar surface area (TPSA) is 42.4 Å². The molecule has 4 nitrogen and oxygen atoms in total. The van der Waals surface area contributed by atoms with E-state index < -0.39 is 6.10 Å². The number of pyridine rings is 1. The summed E-state index contributed by atoms with van der Waals surface area (Å²) in [6, 6.07) is 9.98. The zero-order valence-electron chi connectivity index (χ0n) is 13.4. The van der Waals surface area contributed by atoms with Gasteiger partial charge in [-0.3, -0.25) is 9.69 Å². The standard InChI is InChI=1S/C18H19FN2O2/c1-18(2)11-21(17(22)16(18)23-3)15-8-7-13(10-20-15)12-5-4-6-14(19)9-12/h4-10,16H,11H2,1-3H3. The predicted octanol–water partition coefficient (Wildman–Crippen LogP) is 3.28. The maximum Gasteiger partial charge on any atom is 0.257 e. The van der Waals surface area contributed by atoms with Crippen molar-refractivity contribution in [1.29, 1.82) is 0 Å². The number of aromatic nitrogens is 1. The monoisotopic (exact) mass is 314 g/mol. The van der Waals surface area contributed by atoms with E-state index in [2.05, 4.69) is 4.98 Å². The molecule has 2 heterocycles. The number of anilines is 1. The molecule has 1 saturated heterocycles. The van der Waals surface area contributed by atoms with E-state index in [-0.39, 0.29) is 17.1 Å². The number of methoxy groups -OCH3 is 1. The molecular formula is C18H19FN2O2. The molecule has 3 rings (SSSR count). The highest BCUT2D eigenvalue weighted by Crippen LogP contribution is 2.35. The van der Waals surface area contributed by atoms with E-state index in [0.29, 0.717) is 12.4 Å². The molecule has 1 aromatic carbocycles. The first-order valence-electron chi connectivity index (χ1n) is 7.48. The van der Waals surface area contributed by atoms with Crippen LogP contribution in [-0.4, -0.2) is 30.6 Å². The minimum Gasteiger partial charge on any atom is -0.371 e. The lowest BCUT2D eigenvalue weighted by atomic mass is 9.90. The van der Waals surface area contributed by atoms with E-state index in [1.807, 2.05) is 26.0 Å². The Morgan fingerprint density at radius 2 is 2.04 bits per heavy atom. The van der Waals surface area contributed by atoms with Crippen molar-refractivity contribution in [3.63, 3.8) is 0 Å². The third-order valence-corrected chi connectivity index (χ3v) is 4.18. The van der Waals surface area contributed by atoms with Crippen LogP contribution >= 0.6 is 0 Å². The molecule has 23 heavy (non-hydrogen) atoms. The molecule has 1 atom stereocenters. The second-order valence-corrected chi connectivity index (χ2v) is 6.44. The summed E-state index contributed by atoms with van der Waals surface area (Å²) in [5, 5.41) is 0. The molecule has 120 valence electrons. The first-order valence-corrected chi connectivity index (χ1v) is 7.48. The Hall–Kier alpha value is -2.27. The van der Waals surface area contributed by atoms with E-state index >= 15 is 0 Å². The predicted molar refractivity (Wildman–Crippen MR) is 86.6 cm³/mol. The lowest BCUT2D eigenvalue weighted by Crippen LogP contribution is -2.33. The van der Waals surface area contributed by atoms with Crippen LogP contribution < -0.4 is 4.90 Å². The van der Waals surface area contributed by atoms with Crippen LogP contribution in [0.15, 0.2) is 42.6 Å². The summed E-state index contributed by atoms with van der Waals surface area (Å²) >= 11 is 0. The van der Waals surface area contributed by atoms with Crippen molar-refractivity contribution in [2.45, 2.75) is 20.0 Å². The summed E-state index contributed by atoms with van der Waals surface area (Å²) in [6.45, 7) is 4.55. The Morgan fingerprint density at radius 3 is 2.61 bits per heavy atom. The highest BCUT2D eigenvalue weighted by Gasteiger charge is 2.47. The fourth-order valence-electron chi connectivity index (χ4n) is 3.04. The van der Waals surface area contributed by atoms with Crippen LogP contribution in [0, 0.1) is 11.2 Å². The van der Waals surface area contributed by atoms with E-state index in [1.54, 1.807) is 30.3 Å².